The van der Waals surface area contributed by atoms with Gasteiger partial charge in [0.15, 0.2) is 0 Å². The van der Waals surface area contributed by atoms with Crippen LogP contribution in [-0.4, -0.2) is 17.1 Å². The predicted octanol–water partition coefficient (Wildman–Crippen LogP) is 4.92. The van der Waals surface area contributed by atoms with Crippen molar-refractivity contribution in [2.24, 2.45) is 0 Å². The number of hydrogen-bond acceptors (Lipinski definition) is 4. The number of rotatable bonds is 5. The van der Waals surface area contributed by atoms with E-state index >= 15 is 0 Å². The molecular weight excluding hydrogens is 372 g/mol. The fraction of sp³-hybridized carbons (Fsp3) is 0.0909. The SMILES string of the molecule is O=C(C[C@H]1Sc2ccccc2NC1=O)Nc1ccc(Oc2ccccc2)cc1. The summed E-state index contributed by atoms with van der Waals surface area (Å²) in [6.07, 6.45) is 0.104. The first-order valence-electron chi connectivity index (χ1n) is 8.87. The van der Waals surface area contributed by atoms with Gasteiger partial charge in [-0.1, -0.05) is 30.3 Å². The van der Waals surface area contributed by atoms with Crippen LogP contribution in [0.3, 0.4) is 0 Å². The quantitative estimate of drug-likeness (QED) is 0.649. The van der Waals surface area contributed by atoms with Crippen molar-refractivity contribution < 1.29 is 14.3 Å². The largest absolute Gasteiger partial charge is 0.457 e. The van der Waals surface area contributed by atoms with Crippen LogP contribution in [0.1, 0.15) is 6.42 Å². The van der Waals surface area contributed by atoms with Crippen molar-refractivity contribution in [3.8, 4) is 11.5 Å². The van der Waals surface area contributed by atoms with Gasteiger partial charge in [-0.05, 0) is 48.5 Å². The van der Waals surface area contributed by atoms with E-state index in [0.29, 0.717) is 11.4 Å². The number of anilines is 2. The maximum atomic E-state index is 12.4. The summed E-state index contributed by atoms with van der Waals surface area (Å²) in [5.74, 6) is 1.08. The lowest BCUT2D eigenvalue weighted by molar-refractivity contribution is -0.120. The summed E-state index contributed by atoms with van der Waals surface area (Å²) in [4.78, 5) is 25.6. The van der Waals surface area contributed by atoms with Crippen molar-refractivity contribution in [1.82, 2.24) is 0 Å². The Balaban J connectivity index is 1.34. The number of carbonyl (C=O) groups excluding carboxylic acids is 2. The first kappa shape index (κ1) is 18.1. The van der Waals surface area contributed by atoms with Gasteiger partial charge in [-0.3, -0.25) is 9.59 Å². The van der Waals surface area contributed by atoms with E-state index in [1.807, 2.05) is 54.6 Å². The molecule has 2 N–H and O–H groups in total. The van der Waals surface area contributed by atoms with E-state index in [1.54, 1.807) is 24.3 Å². The van der Waals surface area contributed by atoms with Crippen molar-refractivity contribution in [3.05, 3.63) is 78.9 Å². The Bertz CT molecular complexity index is 990. The van der Waals surface area contributed by atoms with Gasteiger partial charge in [0.25, 0.3) is 0 Å². The summed E-state index contributed by atoms with van der Waals surface area (Å²) in [5, 5.41) is 5.24. The van der Waals surface area contributed by atoms with Crippen LogP contribution in [0.2, 0.25) is 0 Å². The zero-order valence-corrected chi connectivity index (χ0v) is 15.7. The second kappa shape index (κ2) is 8.19. The van der Waals surface area contributed by atoms with Crippen LogP contribution in [0.15, 0.2) is 83.8 Å². The minimum Gasteiger partial charge on any atom is -0.457 e. The van der Waals surface area contributed by atoms with Gasteiger partial charge in [-0.2, -0.15) is 0 Å². The van der Waals surface area contributed by atoms with Gasteiger partial charge < -0.3 is 15.4 Å². The molecular formula is C22H18N2O3S. The Kier molecular flexibility index (Phi) is 5.30. The third kappa shape index (κ3) is 4.35. The number of benzene rings is 3. The summed E-state index contributed by atoms with van der Waals surface area (Å²) in [5.41, 5.74) is 1.45. The Morgan fingerprint density at radius 3 is 2.39 bits per heavy atom. The predicted molar refractivity (Wildman–Crippen MR) is 111 cm³/mol. The third-order valence-electron chi connectivity index (χ3n) is 4.19. The third-order valence-corrected chi connectivity index (χ3v) is 5.47. The number of nitrogens with one attached hydrogen (secondary N) is 2. The van der Waals surface area contributed by atoms with E-state index in [4.69, 9.17) is 4.74 Å². The molecule has 4 rings (SSSR count). The van der Waals surface area contributed by atoms with Gasteiger partial charge in [0.2, 0.25) is 11.8 Å². The molecule has 0 aliphatic carbocycles. The number of carbonyl (C=O) groups is 2. The fourth-order valence-electron chi connectivity index (χ4n) is 2.84. The summed E-state index contributed by atoms with van der Waals surface area (Å²) >= 11 is 1.41. The monoisotopic (exact) mass is 390 g/mol. The second-order valence-electron chi connectivity index (χ2n) is 6.28. The van der Waals surface area contributed by atoms with E-state index in [0.717, 1.165) is 16.3 Å². The van der Waals surface area contributed by atoms with E-state index < -0.39 is 5.25 Å². The van der Waals surface area contributed by atoms with Gasteiger partial charge in [-0.25, -0.2) is 0 Å². The maximum absolute atomic E-state index is 12.4. The van der Waals surface area contributed by atoms with Crippen LogP contribution >= 0.6 is 11.8 Å². The minimum absolute atomic E-state index is 0.104. The molecule has 0 saturated heterocycles. The highest BCUT2D eigenvalue weighted by Crippen LogP contribution is 2.36. The summed E-state index contributed by atoms with van der Waals surface area (Å²) in [6.45, 7) is 0. The number of ether oxygens (including phenoxy) is 1. The van der Waals surface area contributed by atoms with Crippen LogP contribution in [-0.2, 0) is 9.59 Å². The molecule has 3 aromatic carbocycles. The first-order valence-corrected chi connectivity index (χ1v) is 9.75. The molecule has 1 aliphatic rings. The Hall–Kier alpha value is -3.25. The molecule has 1 aliphatic heterocycles. The summed E-state index contributed by atoms with van der Waals surface area (Å²) < 4.78 is 5.74. The van der Waals surface area contributed by atoms with E-state index in [-0.39, 0.29) is 18.2 Å². The molecule has 140 valence electrons. The van der Waals surface area contributed by atoms with Crippen LogP contribution in [0.4, 0.5) is 11.4 Å². The van der Waals surface area contributed by atoms with Gasteiger partial charge in [0.1, 0.15) is 11.5 Å². The zero-order valence-electron chi connectivity index (χ0n) is 14.9. The lowest BCUT2D eigenvalue weighted by Crippen LogP contribution is -2.32. The first-order chi connectivity index (χ1) is 13.7. The molecule has 1 heterocycles. The highest BCUT2D eigenvalue weighted by Gasteiger charge is 2.28. The number of para-hydroxylation sites is 2. The van der Waals surface area contributed by atoms with Gasteiger partial charge >= 0.3 is 0 Å². The molecule has 6 heteroatoms. The van der Waals surface area contributed by atoms with Crippen molar-refractivity contribution in [1.29, 1.82) is 0 Å². The lowest BCUT2D eigenvalue weighted by atomic mass is 10.2. The molecule has 0 spiro atoms. The van der Waals surface area contributed by atoms with Crippen molar-refractivity contribution in [2.75, 3.05) is 10.6 Å². The standard InChI is InChI=1S/C22H18N2O3S/c25-21(14-20-22(26)24-18-8-4-5-9-19(18)28-20)23-15-10-12-17(13-11-15)27-16-6-2-1-3-7-16/h1-13,20H,14H2,(H,23,25)(H,24,26)/t20-/m1/s1. The average molecular weight is 390 g/mol. The molecule has 0 fully saturated rings. The van der Waals surface area contributed by atoms with Gasteiger partial charge in [-0.15, -0.1) is 11.8 Å². The average Bonchev–Trinajstić information content (AvgIpc) is 2.71. The molecule has 0 aromatic heterocycles. The molecule has 0 bridgehead atoms. The smallest absolute Gasteiger partial charge is 0.238 e. The molecule has 0 unspecified atom stereocenters. The van der Waals surface area contributed by atoms with Gasteiger partial charge in [0, 0.05) is 17.0 Å². The number of hydrogen-bond donors (Lipinski definition) is 2. The van der Waals surface area contributed by atoms with Crippen LogP contribution < -0.4 is 15.4 Å². The summed E-state index contributed by atoms with van der Waals surface area (Å²) in [7, 11) is 0. The Labute approximate surface area is 167 Å². The molecule has 2 amide bonds. The highest BCUT2D eigenvalue weighted by atomic mass is 32.2. The summed E-state index contributed by atoms with van der Waals surface area (Å²) in [6, 6.07) is 24.2. The minimum atomic E-state index is -0.449. The molecule has 0 saturated carbocycles. The molecule has 3 aromatic rings. The lowest BCUT2D eigenvalue weighted by Gasteiger charge is -2.23. The maximum Gasteiger partial charge on any atom is 0.238 e. The molecule has 1 atom stereocenters. The second-order valence-corrected chi connectivity index (χ2v) is 7.53. The van der Waals surface area contributed by atoms with E-state index in [9.17, 15) is 9.59 Å². The normalized spacial score (nSPS) is 15.3. The van der Waals surface area contributed by atoms with Crippen LogP contribution in [0, 0.1) is 0 Å². The van der Waals surface area contributed by atoms with Crippen molar-refractivity contribution >= 4 is 35.0 Å². The number of fused-ring (bicyclic) bond motifs is 1. The topological polar surface area (TPSA) is 67.4 Å². The molecule has 0 radical (unpaired) electrons. The molecule has 28 heavy (non-hydrogen) atoms. The molecule has 5 nitrogen and oxygen atoms in total. The van der Waals surface area contributed by atoms with E-state index in [1.165, 1.54) is 11.8 Å². The Morgan fingerprint density at radius 1 is 0.929 bits per heavy atom. The zero-order chi connectivity index (χ0) is 19.3. The van der Waals surface area contributed by atoms with Crippen LogP contribution in [0.25, 0.3) is 0 Å². The van der Waals surface area contributed by atoms with E-state index in [2.05, 4.69) is 10.6 Å². The number of amides is 2. The van der Waals surface area contributed by atoms with Crippen molar-refractivity contribution in [2.45, 2.75) is 16.6 Å². The highest BCUT2D eigenvalue weighted by molar-refractivity contribution is 8.01. The fourth-order valence-corrected chi connectivity index (χ4v) is 3.95. The van der Waals surface area contributed by atoms with Crippen molar-refractivity contribution in [3.63, 3.8) is 0 Å². The van der Waals surface area contributed by atoms with Gasteiger partial charge in [0.05, 0.1) is 10.9 Å². The number of thioether (sulfide) groups is 1. The Morgan fingerprint density at radius 2 is 1.61 bits per heavy atom. The van der Waals surface area contributed by atoms with Crippen LogP contribution in [0.5, 0.6) is 11.5 Å².